The fraction of sp³-hybridized carbons (Fsp3) is 0.429. The fourth-order valence-electron chi connectivity index (χ4n) is 3.42. The molecule has 1 aromatic carbocycles. The molecule has 1 N–H and O–H groups in total. The summed E-state index contributed by atoms with van der Waals surface area (Å²) in [6.07, 6.45) is 6.20. The van der Waals surface area contributed by atoms with Crippen molar-refractivity contribution >= 4 is 5.91 Å². The molecule has 25 heavy (non-hydrogen) atoms. The summed E-state index contributed by atoms with van der Waals surface area (Å²) in [6.45, 7) is 7.15. The second-order valence-corrected chi connectivity index (χ2v) is 7.08. The van der Waals surface area contributed by atoms with Gasteiger partial charge in [-0.15, -0.1) is 0 Å². The quantitative estimate of drug-likeness (QED) is 0.912. The van der Waals surface area contributed by atoms with Crippen LogP contribution < -0.4 is 5.32 Å². The lowest BCUT2D eigenvalue weighted by molar-refractivity contribution is -0.121. The maximum absolute atomic E-state index is 12.4. The summed E-state index contributed by atoms with van der Waals surface area (Å²) < 4.78 is 0. The van der Waals surface area contributed by atoms with Gasteiger partial charge in [0.15, 0.2) is 0 Å². The predicted molar refractivity (Wildman–Crippen MR) is 100 cm³/mol. The Kier molecular flexibility index (Phi) is 5.82. The molecule has 0 radical (unpaired) electrons. The van der Waals surface area contributed by atoms with Crippen molar-refractivity contribution in [3.05, 3.63) is 65.0 Å². The van der Waals surface area contributed by atoms with Crippen LogP contribution >= 0.6 is 0 Å². The van der Waals surface area contributed by atoms with Gasteiger partial charge in [-0.05, 0) is 55.5 Å². The van der Waals surface area contributed by atoms with Crippen LogP contribution in [-0.2, 0) is 17.8 Å². The number of nitrogens with one attached hydrogen (secondary N) is 1. The van der Waals surface area contributed by atoms with Crippen molar-refractivity contribution in [3.63, 3.8) is 0 Å². The highest BCUT2D eigenvalue weighted by Gasteiger charge is 2.21. The molecule has 3 rings (SSSR count). The Morgan fingerprint density at radius 3 is 2.60 bits per heavy atom. The van der Waals surface area contributed by atoms with Crippen molar-refractivity contribution in [3.8, 4) is 0 Å². The molecule has 2 heterocycles. The molecular formula is C21H27N3O. The Labute approximate surface area is 150 Å². The normalized spacial score (nSPS) is 15.9. The molecule has 0 aliphatic carbocycles. The zero-order chi connectivity index (χ0) is 17.6. The average molecular weight is 337 g/mol. The minimum atomic E-state index is 0.140. The molecule has 1 amide bonds. The first kappa shape index (κ1) is 17.6. The Hall–Kier alpha value is -2.20. The highest BCUT2D eigenvalue weighted by atomic mass is 16.1. The molecule has 1 aliphatic rings. The van der Waals surface area contributed by atoms with Crippen LogP contribution in [-0.4, -0.2) is 34.9 Å². The summed E-state index contributed by atoms with van der Waals surface area (Å²) in [5.74, 6) is 0.140. The summed E-state index contributed by atoms with van der Waals surface area (Å²) in [4.78, 5) is 18.9. The number of rotatable bonds is 5. The Bertz CT molecular complexity index is 706. The van der Waals surface area contributed by atoms with Crippen LogP contribution in [0.25, 0.3) is 0 Å². The first-order valence-electron chi connectivity index (χ1n) is 9.07. The molecule has 1 fully saturated rings. The van der Waals surface area contributed by atoms with Crippen molar-refractivity contribution in [2.24, 2.45) is 0 Å². The summed E-state index contributed by atoms with van der Waals surface area (Å²) in [5.41, 5.74) is 4.82. The highest BCUT2D eigenvalue weighted by molar-refractivity contribution is 5.79. The van der Waals surface area contributed by atoms with Crippen LogP contribution in [0.15, 0.2) is 42.7 Å². The molecule has 0 atom stereocenters. The zero-order valence-corrected chi connectivity index (χ0v) is 15.2. The maximum Gasteiger partial charge on any atom is 0.224 e. The van der Waals surface area contributed by atoms with Gasteiger partial charge >= 0.3 is 0 Å². The molecule has 4 nitrogen and oxygen atoms in total. The van der Waals surface area contributed by atoms with E-state index >= 15 is 0 Å². The topological polar surface area (TPSA) is 45.2 Å². The molecule has 0 saturated carbocycles. The lowest BCUT2D eigenvalue weighted by atomic mass is 10.0. The average Bonchev–Trinajstić information content (AvgIpc) is 2.61. The van der Waals surface area contributed by atoms with Crippen LogP contribution in [0.1, 0.15) is 35.1 Å². The van der Waals surface area contributed by atoms with Crippen molar-refractivity contribution in [2.75, 3.05) is 13.1 Å². The van der Waals surface area contributed by atoms with E-state index in [0.717, 1.165) is 38.0 Å². The lowest BCUT2D eigenvalue weighted by Crippen LogP contribution is -2.44. The molecule has 132 valence electrons. The van der Waals surface area contributed by atoms with E-state index in [1.807, 2.05) is 12.4 Å². The summed E-state index contributed by atoms with van der Waals surface area (Å²) in [7, 11) is 0. The van der Waals surface area contributed by atoms with E-state index in [2.05, 4.69) is 59.4 Å². The first-order chi connectivity index (χ1) is 12.1. The van der Waals surface area contributed by atoms with E-state index in [1.165, 1.54) is 16.7 Å². The van der Waals surface area contributed by atoms with Gasteiger partial charge in [-0.1, -0.05) is 23.8 Å². The molecule has 0 unspecified atom stereocenters. The molecule has 1 saturated heterocycles. The van der Waals surface area contributed by atoms with Crippen LogP contribution in [0.5, 0.6) is 0 Å². The number of piperidine rings is 1. The number of benzene rings is 1. The van der Waals surface area contributed by atoms with Crippen LogP contribution in [0.4, 0.5) is 0 Å². The van der Waals surface area contributed by atoms with E-state index in [4.69, 9.17) is 0 Å². The Morgan fingerprint density at radius 1 is 1.16 bits per heavy atom. The summed E-state index contributed by atoms with van der Waals surface area (Å²) in [6, 6.07) is 10.7. The number of pyridine rings is 1. The molecule has 1 aromatic heterocycles. The van der Waals surface area contributed by atoms with E-state index in [0.29, 0.717) is 12.5 Å². The van der Waals surface area contributed by atoms with Gasteiger partial charge in [0.25, 0.3) is 0 Å². The largest absolute Gasteiger partial charge is 0.353 e. The van der Waals surface area contributed by atoms with Crippen LogP contribution in [0.3, 0.4) is 0 Å². The van der Waals surface area contributed by atoms with Crippen molar-refractivity contribution in [2.45, 2.75) is 45.7 Å². The standard InChI is InChI=1S/C21H27N3O/c1-16-3-4-17(2)19(13-16)14-21(25)23-20-7-11-24(12-8-20)15-18-5-9-22-10-6-18/h3-6,9-10,13,20H,7-8,11-12,14-15H2,1-2H3,(H,23,25). The molecule has 2 aromatic rings. The van der Waals surface area contributed by atoms with E-state index in [1.54, 1.807) is 0 Å². The Balaban J connectivity index is 1.45. The number of aromatic nitrogens is 1. The number of carbonyl (C=O) groups excluding carboxylic acids is 1. The van der Waals surface area contributed by atoms with Crippen molar-refractivity contribution in [1.82, 2.24) is 15.2 Å². The van der Waals surface area contributed by atoms with Gasteiger partial charge in [0.2, 0.25) is 5.91 Å². The van der Waals surface area contributed by atoms with Gasteiger partial charge in [0.05, 0.1) is 6.42 Å². The van der Waals surface area contributed by atoms with E-state index in [9.17, 15) is 4.79 Å². The SMILES string of the molecule is Cc1ccc(C)c(CC(=O)NC2CCN(Cc3ccncc3)CC2)c1. The molecule has 0 spiro atoms. The van der Waals surface area contributed by atoms with Gasteiger partial charge < -0.3 is 5.32 Å². The Morgan fingerprint density at radius 2 is 1.88 bits per heavy atom. The third-order valence-electron chi connectivity index (χ3n) is 4.96. The first-order valence-corrected chi connectivity index (χ1v) is 9.07. The number of carbonyl (C=O) groups is 1. The van der Waals surface area contributed by atoms with Gasteiger partial charge in [-0.3, -0.25) is 14.7 Å². The number of amides is 1. The van der Waals surface area contributed by atoms with Crippen LogP contribution in [0.2, 0.25) is 0 Å². The third kappa shape index (κ3) is 5.13. The van der Waals surface area contributed by atoms with Gasteiger partial charge in [0, 0.05) is 38.1 Å². The molecule has 0 bridgehead atoms. The van der Waals surface area contributed by atoms with Gasteiger partial charge in [0.1, 0.15) is 0 Å². The van der Waals surface area contributed by atoms with Crippen molar-refractivity contribution < 1.29 is 4.79 Å². The number of hydrogen-bond acceptors (Lipinski definition) is 3. The second-order valence-electron chi connectivity index (χ2n) is 7.08. The number of hydrogen-bond donors (Lipinski definition) is 1. The van der Waals surface area contributed by atoms with E-state index in [-0.39, 0.29) is 5.91 Å². The minimum Gasteiger partial charge on any atom is -0.353 e. The lowest BCUT2D eigenvalue weighted by Gasteiger charge is -2.32. The summed E-state index contributed by atoms with van der Waals surface area (Å²) >= 11 is 0. The predicted octanol–water partition coefficient (Wildman–Crippen LogP) is 3.02. The van der Waals surface area contributed by atoms with Gasteiger partial charge in [-0.2, -0.15) is 0 Å². The monoisotopic (exact) mass is 337 g/mol. The highest BCUT2D eigenvalue weighted by Crippen LogP contribution is 2.15. The van der Waals surface area contributed by atoms with Gasteiger partial charge in [-0.25, -0.2) is 0 Å². The zero-order valence-electron chi connectivity index (χ0n) is 15.2. The smallest absolute Gasteiger partial charge is 0.224 e. The number of likely N-dealkylation sites (tertiary alicyclic amines) is 1. The van der Waals surface area contributed by atoms with Crippen molar-refractivity contribution in [1.29, 1.82) is 0 Å². The molecule has 4 heteroatoms. The third-order valence-corrected chi connectivity index (χ3v) is 4.96. The molecular weight excluding hydrogens is 310 g/mol. The maximum atomic E-state index is 12.4. The van der Waals surface area contributed by atoms with Crippen LogP contribution in [0, 0.1) is 13.8 Å². The minimum absolute atomic E-state index is 0.140. The number of aryl methyl sites for hydroxylation is 2. The fourth-order valence-corrected chi connectivity index (χ4v) is 3.42. The second kappa shape index (κ2) is 8.26. The number of nitrogens with zero attached hydrogens (tertiary/aromatic N) is 2. The summed E-state index contributed by atoms with van der Waals surface area (Å²) in [5, 5.41) is 3.22. The molecule has 1 aliphatic heterocycles. The van der Waals surface area contributed by atoms with E-state index < -0.39 is 0 Å².